The van der Waals surface area contributed by atoms with Gasteiger partial charge in [0.2, 0.25) is 6.10 Å². The van der Waals surface area contributed by atoms with Crippen molar-refractivity contribution in [3.05, 3.63) is 65.2 Å². The van der Waals surface area contributed by atoms with Gasteiger partial charge in [0, 0.05) is 37.6 Å². The highest BCUT2D eigenvalue weighted by molar-refractivity contribution is 6.30. The molecule has 0 saturated carbocycles. The van der Waals surface area contributed by atoms with Crippen molar-refractivity contribution in [3.63, 3.8) is 0 Å². The van der Waals surface area contributed by atoms with Crippen LogP contribution >= 0.6 is 11.6 Å². The molecule has 7 nitrogen and oxygen atoms in total. The molecule has 2 aromatic rings. The van der Waals surface area contributed by atoms with E-state index in [4.69, 9.17) is 21.2 Å². The van der Waals surface area contributed by atoms with Crippen LogP contribution in [0.1, 0.15) is 12.0 Å². The molecule has 0 N–H and O–H groups in total. The molecule has 2 aliphatic heterocycles. The third kappa shape index (κ3) is 4.74. The highest BCUT2D eigenvalue weighted by Crippen LogP contribution is 2.19. The van der Waals surface area contributed by atoms with Gasteiger partial charge in [0.05, 0.1) is 5.71 Å². The molecule has 2 aromatic carbocycles. The number of carbonyl (C=O) groups is 2. The lowest BCUT2D eigenvalue weighted by Gasteiger charge is -2.35. The largest absolute Gasteiger partial charge is 0.484 e. The second-order valence-electron chi connectivity index (χ2n) is 7.15. The molecule has 0 aromatic heterocycles. The molecule has 2 aliphatic rings. The Morgan fingerprint density at radius 1 is 1.00 bits per heavy atom. The van der Waals surface area contributed by atoms with Gasteiger partial charge in [-0.1, -0.05) is 47.1 Å². The van der Waals surface area contributed by atoms with Crippen LogP contribution in [0.15, 0.2) is 59.8 Å². The van der Waals surface area contributed by atoms with Crippen molar-refractivity contribution < 1.29 is 19.2 Å². The third-order valence-corrected chi connectivity index (χ3v) is 5.42. The van der Waals surface area contributed by atoms with Gasteiger partial charge in [0.25, 0.3) is 11.8 Å². The average Bonchev–Trinajstić information content (AvgIpc) is 3.29. The van der Waals surface area contributed by atoms with Crippen molar-refractivity contribution in [1.82, 2.24) is 9.80 Å². The van der Waals surface area contributed by atoms with E-state index < -0.39 is 6.10 Å². The summed E-state index contributed by atoms with van der Waals surface area (Å²) in [5.74, 6) is 0.396. The lowest BCUT2D eigenvalue weighted by Crippen LogP contribution is -2.53. The fourth-order valence-corrected chi connectivity index (χ4v) is 3.58. The number of benzene rings is 2. The predicted molar refractivity (Wildman–Crippen MR) is 113 cm³/mol. The Kier molecular flexibility index (Phi) is 6.18. The highest BCUT2D eigenvalue weighted by Gasteiger charge is 2.34. The molecule has 0 spiro atoms. The van der Waals surface area contributed by atoms with Gasteiger partial charge < -0.3 is 19.4 Å². The van der Waals surface area contributed by atoms with Crippen LogP contribution in [0.5, 0.6) is 5.75 Å². The van der Waals surface area contributed by atoms with E-state index in [0.29, 0.717) is 43.4 Å². The Morgan fingerprint density at radius 3 is 2.37 bits per heavy atom. The van der Waals surface area contributed by atoms with E-state index in [-0.39, 0.29) is 18.4 Å². The fourth-order valence-electron chi connectivity index (χ4n) is 3.46. The fraction of sp³-hybridized carbons (Fsp3) is 0.318. The van der Waals surface area contributed by atoms with Crippen LogP contribution in [-0.2, 0) is 14.4 Å². The van der Waals surface area contributed by atoms with Crippen LogP contribution < -0.4 is 4.74 Å². The first-order chi connectivity index (χ1) is 14.6. The molecule has 8 heteroatoms. The van der Waals surface area contributed by atoms with Gasteiger partial charge in [-0.3, -0.25) is 9.59 Å². The molecule has 1 fully saturated rings. The van der Waals surface area contributed by atoms with E-state index in [2.05, 4.69) is 5.16 Å². The summed E-state index contributed by atoms with van der Waals surface area (Å²) in [4.78, 5) is 34.0. The van der Waals surface area contributed by atoms with Gasteiger partial charge >= 0.3 is 0 Å². The normalized spacial score (nSPS) is 18.6. The lowest BCUT2D eigenvalue weighted by molar-refractivity contribution is -0.147. The number of halogens is 1. The molecule has 1 atom stereocenters. The van der Waals surface area contributed by atoms with E-state index in [1.54, 1.807) is 34.1 Å². The van der Waals surface area contributed by atoms with Crippen LogP contribution in [-0.4, -0.2) is 66.2 Å². The Labute approximate surface area is 179 Å². The van der Waals surface area contributed by atoms with Gasteiger partial charge in [-0.25, -0.2) is 0 Å². The van der Waals surface area contributed by atoms with Gasteiger partial charge in [-0.15, -0.1) is 0 Å². The van der Waals surface area contributed by atoms with E-state index in [1.165, 1.54) is 0 Å². The second kappa shape index (κ2) is 9.17. The first-order valence-electron chi connectivity index (χ1n) is 9.83. The number of amides is 2. The van der Waals surface area contributed by atoms with Crippen LogP contribution in [0.2, 0.25) is 5.02 Å². The van der Waals surface area contributed by atoms with Crippen LogP contribution in [0.25, 0.3) is 0 Å². The number of ether oxygens (including phenoxy) is 1. The summed E-state index contributed by atoms with van der Waals surface area (Å²) in [6.45, 7) is 1.81. The maximum Gasteiger partial charge on any atom is 0.267 e. The van der Waals surface area contributed by atoms with Crippen LogP contribution in [0.4, 0.5) is 0 Å². The van der Waals surface area contributed by atoms with Crippen molar-refractivity contribution in [1.29, 1.82) is 0 Å². The van der Waals surface area contributed by atoms with E-state index in [0.717, 1.165) is 11.3 Å². The molecule has 30 heavy (non-hydrogen) atoms. The smallest absolute Gasteiger partial charge is 0.267 e. The topological polar surface area (TPSA) is 71.4 Å². The van der Waals surface area contributed by atoms with Gasteiger partial charge in [-0.05, 0) is 29.8 Å². The summed E-state index contributed by atoms with van der Waals surface area (Å²) < 4.78 is 5.52. The van der Waals surface area contributed by atoms with E-state index >= 15 is 0 Å². The minimum Gasteiger partial charge on any atom is -0.484 e. The number of carbonyl (C=O) groups excluding carboxylic acids is 2. The Balaban J connectivity index is 1.23. The highest BCUT2D eigenvalue weighted by atomic mass is 35.5. The average molecular weight is 428 g/mol. The number of piperazine rings is 1. The molecule has 2 heterocycles. The monoisotopic (exact) mass is 427 g/mol. The van der Waals surface area contributed by atoms with Crippen molar-refractivity contribution in [2.24, 2.45) is 5.16 Å². The summed E-state index contributed by atoms with van der Waals surface area (Å²) in [5.41, 5.74) is 1.74. The number of nitrogens with zero attached hydrogens (tertiary/aromatic N) is 3. The minimum atomic E-state index is -0.601. The first kappa shape index (κ1) is 20.2. The van der Waals surface area contributed by atoms with Gasteiger partial charge in [0.15, 0.2) is 6.61 Å². The lowest BCUT2D eigenvalue weighted by atomic mass is 10.0. The summed E-state index contributed by atoms with van der Waals surface area (Å²) in [5, 5.41) is 4.70. The van der Waals surface area contributed by atoms with Crippen LogP contribution in [0, 0.1) is 0 Å². The first-order valence-corrected chi connectivity index (χ1v) is 10.2. The van der Waals surface area contributed by atoms with Crippen molar-refractivity contribution in [3.8, 4) is 5.75 Å². The number of rotatable bonds is 5. The minimum absolute atomic E-state index is 0.0460. The SMILES string of the molecule is O=C(COc1ccc(Cl)cc1)N1CCN(C(=O)C2CC(c3ccccc3)=NO2)CC1. The van der Waals surface area contributed by atoms with Gasteiger partial charge in [-0.2, -0.15) is 0 Å². The predicted octanol–water partition coefficient (Wildman–Crippen LogP) is 2.58. The summed E-state index contributed by atoms with van der Waals surface area (Å²) >= 11 is 5.84. The molecule has 1 saturated heterocycles. The number of hydrogen-bond donors (Lipinski definition) is 0. The zero-order chi connectivity index (χ0) is 20.9. The number of oxime groups is 1. The quantitative estimate of drug-likeness (QED) is 0.735. The zero-order valence-electron chi connectivity index (χ0n) is 16.4. The molecule has 0 bridgehead atoms. The van der Waals surface area contributed by atoms with Crippen molar-refractivity contribution >= 4 is 29.1 Å². The molecule has 156 valence electrons. The third-order valence-electron chi connectivity index (χ3n) is 5.17. The van der Waals surface area contributed by atoms with Gasteiger partial charge in [0.1, 0.15) is 5.75 Å². The zero-order valence-corrected chi connectivity index (χ0v) is 17.1. The summed E-state index contributed by atoms with van der Waals surface area (Å²) in [7, 11) is 0. The Bertz CT molecular complexity index is 925. The van der Waals surface area contributed by atoms with Crippen LogP contribution in [0.3, 0.4) is 0 Å². The Morgan fingerprint density at radius 2 is 1.67 bits per heavy atom. The standard InChI is InChI=1S/C22H22ClN3O4/c23-17-6-8-18(9-7-17)29-15-21(27)25-10-12-26(13-11-25)22(28)20-14-19(24-30-20)16-4-2-1-3-5-16/h1-9,20H,10-15H2. The molecule has 4 rings (SSSR count). The van der Waals surface area contributed by atoms with Crippen molar-refractivity contribution in [2.75, 3.05) is 32.8 Å². The second-order valence-corrected chi connectivity index (χ2v) is 7.59. The molecular weight excluding hydrogens is 406 g/mol. The molecule has 2 amide bonds. The molecule has 0 radical (unpaired) electrons. The summed E-state index contributed by atoms with van der Waals surface area (Å²) in [6, 6.07) is 16.6. The molecule has 1 unspecified atom stereocenters. The van der Waals surface area contributed by atoms with Crippen molar-refractivity contribution in [2.45, 2.75) is 12.5 Å². The Hall–Kier alpha value is -3.06. The molecule has 0 aliphatic carbocycles. The number of hydrogen-bond acceptors (Lipinski definition) is 5. The van der Waals surface area contributed by atoms with E-state index in [9.17, 15) is 9.59 Å². The van der Waals surface area contributed by atoms with E-state index in [1.807, 2.05) is 30.3 Å². The maximum atomic E-state index is 12.8. The summed E-state index contributed by atoms with van der Waals surface area (Å²) in [6.07, 6.45) is -0.146. The molecular formula is C22H22ClN3O4. The maximum absolute atomic E-state index is 12.8.